The van der Waals surface area contributed by atoms with Crippen molar-refractivity contribution in [2.24, 2.45) is 0 Å². The molecule has 0 atom stereocenters. The van der Waals surface area contributed by atoms with E-state index in [0.29, 0.717) is 16.0 Å². The summed E-state index contributed by atoms with van der Waals surface area (Å²) in [7, 11) is -2.44. The second-order valence-electron chi connectivity index (χ2n) is 5.04. The highest BCUT2D eigenvalue weighted by molar-refractivity contribution is 9.10. The van der Waals surface area contributed by atoms with E-state index in [9.17, 15) is 8.42 Å². The Hall–Kier alpha value is -1.53. The average molecular weight is 385 g/mol. The summed E-state index contributed by atoms with van der Waals surface area (Å²) >= 11 is 3.29. The first kappa shape index (κ1) is 16.8. The zero-order valence-electron chi connectivity index (χ0n) is 12.8. The largest absolute Gasteiger partial charge is 0.496 e. The summed E-state index contributed by atoms with van der Waals surface area (Å²) < 4.78 is 36.1. The molecule has 0 fully saturated rings. The Morgan fingerprint density at radius 1 is 1.00 bits per heavy atom. The molecule has 2 aromatic rings. The van der Waals surface area contributed by atoms with Gasteiger partial charge in [0, 0.05) is 6.07 Å². The van der Waals surface area contributed by atoms with Gasteiger partial charge in [-0.05, 0) is 71.6 Å². The van der Waals surface area contributed by atoms with Crippen LogP contribution < -0.4 is 8.92 Å². The molecule has 0 N–H and O–H groups in total. The molecule has 0 spiro atoms. The molecule has 0 aromatic heterocycles. The van der Waals surface area contributed by atoms with E-state index >= 15 is 0 Å². The molecule has 0 unspecified atom stereocenters. The molecule has 0 bridgehead atoms. The Labute approximate surface area is 139 Å². The van der Waals surface area contributed by atoms with E-state index < -0.39 is 10.1 Å². The third-order valence-corrected chi connectivity index (χ3v) is 5.26. The summed E-state index contributed by atoms with van der Waals surface area (Å²) in [6, 6.07) is 8.22. The van der Waals surface area contributed by atoms with Crippen molar-refractivity contribution in [3.63, 3.8) is 0 Å². The maximum absolute atomic E-state index is 12.5. The van der Waals surface area contributed by atoms with Crippen LogP contribution in [0.1, 0.15) is 16.7 Å². The molecule has 2 rings (SSSR count). The lowest BCUT2D eigenvalue weighted by Crippen LogP contribution is -2.11. The van der Waals surface area contributed by atoms with Gasteiger partial charge in [-0.3, -0.25) is 0 Å². The Bertz CT molecular complexity index is 813. The molecule has 0 aliphatic carbocycles. The predicted molar refractivity (Wildman–Crippen MR) is 89.2 cm³/mol. The summed E-state index contributed by atoms with van der Waals surface area (Å²) in [6.07, 6.45) is 0. The number of aryl methyl sites for hydroxylation is 2. The molecule has 4 nitrogen and oxygen atoms in total. The van der Waals surface area contributed by atoms with Gasteiger partial charge in [-0.25, -0.2) is 0 Å². The number of hydrogen-bond donors (Lipinski definition) is 0. The van der Waals surface area contributed by atoms with Crippen LogP contribution >= 0.6 is 15.9 Å². The van der Waals surface area contributed by atoms with E-state index in [1.165, 1.54) is 19.2 Å². The maximum atomic E-state index is 12.5. The van der Waals surface area contributed by atoms with Gasteiger partial charge >= 0.3 is 10.1 Å². The van der Waals surface area contributed by atoms with Crippen LogP contribution in [-0.2, 0) is 10.1 Å². The highest BCUT2D eigenvalue weighted by atomic mass is 79.9. The molecular formula is C16H17BrO4S. The molecule has 0 saturated heterocycles. The van der Waals surface area contributed by atoms with Crippen molar-refractivity contribution >= 4 is 26.0 Å². The van der Waals surface area contributed by atoms with Gasteiger partial charge in [0.15, 0.2) is 0 Å². The number of rotatable bonds is 4. The summed E-state index contributed by atoms with van der Waals surface area (Å²) in [5.74, 6) is 0.779. The minimum atomic E-state index is -3.92. The second-order valence-corrected chi connectivity index (χ2v) is 7.44. The van der Waals surface area contributed by atoms with E-state index in [1.807, 2.05) is 26.8 Å². The molecule has 2 aromatic carbocycles. The van der Waals surface area contributed by atoms with Gasteiger partial charge in [-0.2, -0.15) is 8.42 Å². The van der Waals surface area contributed by atoms with Crippen molar-refractivity contribution in [2.45, 2.75) is 25.7 Å². The third-order valence-electron chi connectivity index (χ3n) is 3.37. The maximum Gasteiger partial charge on any atom is 0.339 e. The first-order chi connectivity index (χ1) is 10.2. The first-order valence-electron chi connectivity index (χ1n) is 6.60. The quantitative estimate of drug-likeness (QED) is 0.742. The zero-order chi connectivity index (χ0) is 16.5. The van der Waals surface area contributed by atoms with Crippen LogP contribution in [0, 0.1) is 20.8 Å². The van der Waals surface area contributed by atoms with E-state index in [1.54, 1.807) is 12.1 Å². The monoisotopic (exact) mass is 384 g/mol. The van der Waals surface area contributed by atoms with Crippen molar-refractivity contribution in [1.82, 2.24) is 0 Å². The molecule has 0 radical (unpaired) electrons. The average Bonchev–Trinajstić information content (AvgIpc) is 2.44. The summed E-state index contributed by atoms with van der Waals surface area (Å²) in [5, 5.41) is 0. The third kappa shape index (κ3) is 3.44. The molecule has 0 aliphatic heterocycles. The van der Waals surface area contributed by atoms with Gasteiger partial charge in [0.1, 0.15) is 16.4 Å². The van der Waals surface area contributed by atoms with Gasteiger partial charge in [-0.1, -0.05) is 6.07 Å². The SMILES string of the molecule is COc1cc(S(=O)(=O)Oc2cc(C)cc(C)c2C)ccc1Br. The van der Waals surface area contributed by atoms with Crippen LogP contribution in [0.15, 0.2) is 39.7 Å². The number of halogens is 1. The van der Waals surface area contributed by atoms with Crippen LogP contribution in [-0.4, -0.2) is 15.5 Å². The van der Waals surface area contributed by atoms with Gasteiger partial charge in [0.05, 0.1) is 11.6 Å². The number of hydrogen-bond acceptors (Lipinski definition) is 4. The number of benzene rings is 2. The van der Waals surface area contributed by atoms with Crippen molar-refractivity contribution in [3.05, 3.63) is 51.5 Å². The summed E-state index contributed by atoms with van der Waals surface area (Å²) in [4.78, 5) is 0.0473. The van der Waals surface area contributed by atoms with Gasteiger partial charge in [0.25, 0.3) is 0 Å². The van der Waals surface area contributed by atoms with Crippen LogP contribution in [0.4, 0.5) is 0 Å². The standard InChI is InChI=1S/C16H17BrO4S/c1-10-7-11(2)12(3)15(8-10)21-22(18,19)13-5-6-14(17)16(9-13)20-4/h5-9H,1-4H3. The van der Waals surface area contributed by atoms with Crippen LogP contribution in [0.5, 0.6) is 11.5 Å². The summed E-state index contributed by atoms with van der Waals surface area (Å²) in [5.41, 5.74) is 2.73. The Morgan fingerprint density at radius 3 is 2.32 bits per heavy atom. The Morgan fingerprint density at radius 2 is 1.68 bits per heavy atom. The van der Waals surface area contributed by atoms with Gasteiger partial charge < -0.3 is 8.92 Å². The smallest absolute Gasteiger partial charge is 0.339 e. The van der Waals surface area contributed by atoms with Crippen LogP contribution in [0.3, 0.4) is 0 Å². The fourth-order valence-corrected chi connectivity index (χ4v) is 3.45. The molecule has 0 saturated carbocycles. The van der Waals surface area contributed by atoms with Gasteiger partial charge in [-0.15, -0.1) is 0 Å². The zero-order valence-corrected chi connectivity index (χ0v) is 15.2. The van der Waals surface area contributed by atoms with Crippen LogP contribution in [0.25, 0.3) is 0 Å². The molecule has 22 heavy (non-hydrogen) atoms. The highest BCUT2D eigenvalue weighted by Crippen LogP contribution is 2.30. The lowest BCUT2D eigenvalue weighted by Gasteiger charge is -2.13. The lowest BCUT2D eigenvalue weighted by molar-refractivity contribution is 0.410. The lowest BCUT2D eigenvalue weighted by atomic mass is 10.1. The predicted octanol–water partition coefficient (Wildman–Crippen LogP) is 4.15. The fraction of sp³-hybridized carbons (Fsp3) is 0.250. The molecule has 118 valence electrons. The minimum Gasteiger partial charge on any atom is -0.496 e. The molecule has 6 heteroatoms. The Kier molecular flexibility index (Phi) is 4.82. The second kappa shape index (κ2) is 6.30. The van der Waals surface area contributed by atoms with E-state index in [2.05, 4.69) is 15.9 Å². The number of ether oxygens (including phenoxy) is 1. The minimum absolute atomic E-state index is 0.0473. The van der Waals surface area contributed by atoms with Crippen molar-refractivity contribution < 1.29 is 17.3 Å². The summed E-state index contributed by atoms with van der Waals surface area (Å²) in [6.45, 7) is 5.65. The van der Waals surface area contributed by atoms with Crippen molar-refractivity contribution in [3.8, 4) is 11.5 Å². The first-order valence-corrected chi connectivity index (χ1v) is 8.80. The van der Waals surface area contributed by atoms with Crippen molar-refractivity contribution in [1.29, 1.82) is 0 Å². The molecular weight excluding hydrogens is 368 g/mol. The van der Waals surface area contributed by atoms with Crippen molar-refractivity contribution in [2.75, 3.05) is 7.11 Å². The Balaban J connectivity index is 2.44. The van der Waals surface area contributed by atoms with E-state index in [0.717, 1.165) is 16.7 Å². The molecule has 0 aliphatic rings. The molecule has 0 amide bonds. The topological polar surface area (TPSA) is 52.6 Å². The normalized spacial score (nSPS) is 11.3. The van der Waals surface area contributed by atoms with Crippen LogP contribution in [0.2, 0.25) is 0 Å². The van der Waals surface area contributed by atoms with Gasteiger partial charge in [0.2, 0.25) is 0 Å². The van der Waals surface area contributed by atoms with E-state index in [4.69, 9.17) is 8.92 Å². The molecule has 0 heterocycles. The number of methoxy groups -OCH3 is 1. The van der Waals surface area contributed by atoms with E-state index in [-0.39, 0.29) is 4.90 Å². The fourth-order valence-electron chi connectivity index (χ4n) is 2.05. The highest BCUT2D eigenvalue weighted by Gasteiger charge is 2.20.